The van der Waals surface area contributed by atoms with E-state index in [0.29, 0.717) is 4.83 Å². The molecule has 18 heavy (non-hydrogen) atoms. The number of benzene rings is 1. The summed E-state index contributed by atoms with van der Waals surface area (Å²) in [4.78, 5) is 0.654. The molecule has 0 nitrogen and oxygen atoms in total. The standard InChI is InChI=1S/C17H25Br/c1-14-6-5-9-16(12-14)13-17(18)11-10-15-7-3-2-4-8-15/h5-6,9,12,15,17H,2-4,7-8,10-11,13H2,1H3. The third-order valence-electron chi connectivity index (χ3n) is 4.15. The highest BCUT2D eigenvalue weighted by molar-refractivity contribution is 9.09. The molecule has 1 aliphatic rings. The number of hydrogen-bond donors (Lipinski definition) is 0. The van der Waals surface area contributed by atoms with Gasteiger partial charge in [0.1, 0.15) is 0 Å². The van der Waals surface area contributed by atoms with Crippen LogP contribution in [0.1, 0.15) is 56.1 Å². The van der Waals surface area contributed by atoms with Crippen molar-refractivity contribution in [1.29, 1.82) is 0 Å². The Morgan fingerprint density at radius 3 is 2.72 bits per heavy atom. The molecule has 0 aliphatic heterocycles. The molecule has 0 spiro atoms. The Kier molecular flexibility index (Phi) is 5.75. The summed E-state index contributed by atoms with van der Waals surface area (Å²) in [7, 11) is 0. The summed E-state index contributed by atoms with van der Waals surface area (Å²) in [5.41, 5.74) is 2.85. The molecule has 2 rings (SSSR count). The Labute approximate surface area is 120 Å². The van der Waals surface area contributed by atoms with Crippen molar-refractivity contribution in [3.8, 4) is 0 Å². The van der Waals surface area contributed by atoms with Crippen LogP contribution in [0.4, 0.5) is 0 Å². The lowest BCUT2D eigenvalue weighted by molar-refractivity contribution is 0.331. The summed E-state index contributed by atoms with van der Waals surface area (Å²) in [6, 6.07) is 8.91. The normalized spacial score (nSPS) is 18.8. The number of alkyl halides is 1. The predicted molar refractivity (Wildman–Crippen MR) is 83.4 cm³/mol. The van der Waals surface area contributed by atoms with Gasteiger partial charge < -0.3 is 0 Å². The van der Waals surface area contributed by atoms with E-state index in [-0.39, 0.29) is 0 Å². The number of halogens is 1. The smallest absolute Gasteiger partial charge is 0.0186 e. The zero-order valence-corrected chi connectivity index (χ0v) is 13.1. The molecular weight excluding hydrogens is 284 g/mol. The minimum absolute atomic E-state index is 0.654. The number of rotatable bonds is 5. The largest absolute Gasteiger partial charge is 0.0887 e. The van der Waals surface area contributed by atoms with Crippen LogP contribution in [-0.2, 0) is 6.42 Å². The summed E-state index contributed by atoms with van der Waals surface area (Å²) in [5, 5.41) is 0. The van der Waals surface area contributed by atoms with Gasteiger partial charge in [0.15, 0.2) is 0 Å². The van der Waals surface area contributed by atoms with Crippen molar-refractivity contribution in [2.45, 2.75) is 63.1 Å². The second kappa shape index (κ2) is 7.33. The van der Waals surface area contributed by atoms with Crippen LogP contribution in [0, 0.1) is 12.8 Å². The lowest BCUT2D eigenvalue weighted by atomic mass is 9.85. The van der Waals surface area contributed by atoms with Gasteiger partial charge in [0.25, 0.3) is 0 Å². The van der Waals surface area contributed by atoms with E-state index >= 15 is 0 Å². The van der Waals surface area contributed by atoms with Crippen LogP contribution in [0.5, 0.6) is 0 Å². The van der Waals surface area contributed by atoms with Gasteiger partial charge in [-0.25, -0.2) is 0 Å². The van der Waals surface area contributed by atoms with Crippen molar-refractivity contribution in [2.24, 2.45) is 5.92 Å². The van der Waals surface area contributed by atoms with E-state index in [1.54, 1.807) is 0 Å². The zero-order chi connectivity index (χ0) is 12.8. The Hall–Kier alpha value is -0.300. The van der Waals surface area contributed by atoms with Gasteiger partial charge in [-0.1, -0.05) is 77.9 Å². The highest BCUT2D eigenvalue weighted by Gasteiger charge is 2.15. The van der Waals surface area contributed by atoms with Gasteiger partial charge in [-0.3, -0.25) is 0 Å². The molecular formula is C17H25Br. The first kappa shape index (κ1) is 14.1. The molecule has 1 aromatic carbocycles. The molecule has 100 valence electrons. The van der Waals surface area contributed by atoms with Crippen LogP contribution in [0.2, 0.25) is 0 Å². The third-order valence-corrected chi connectivity index (χ3v) is 4.93. The van der Waals surface area contributed by atoms with Gasteiger partial charge in [0.05, 0.1) is 0 Å². The summed E-state index contributed by atoms with van der Waals surface area (Å²) in [5.74, 6) is 1.01. The van der Waals surface area contributed by atoms with Crippen LogP contribution in [-0.4, -0.2) is 4.83 Å². The number of hydrogen-bond acceptors (Lipinski definition) is 0. The average Bonchev–Trinajstić information content (AvgIpc) is 2.38. The van der Waals surface area contributed by atoms with Crippen LogP contribution >= 0.6 is 15.9 Å². The third kappa shape index (κ3) is 4.76. The quantitative estimate of drug-likeness (QED) is 0.615. The van der Waals surface area contributed by atoms with Crippen molar-refractivity contribution < 1.29 is 0 Å². The molecule has 0 heterocycles. The van der Waals surface area contributed by atoms with E-state index in [1.165, 1.54) is 62.5 Å². The summed E-state index contributed by atoms with van der Waals surface area (Å²) in [6.45, 7) is 2.18. The van der Waals surface area contributed by atoms with E-state index in [2.05, 4.69) is 47.1 Å². The molecule has 1 aromatic rings. The topological polar surface area (TPSA) is 0 Å². The Bertz CT molecular complexity index is 352. The maximum atomic E-state index is 3.87. The van der Waals surface area contributed by atoms with Gasteiger partial charge in [0, 0.05) is 4.83 Å². The Balaban J connectivity index is 1.72. The van der Waals surface area contributed by atoms with Crippen molar-refractivity contribution in [2.75, 3.05) is 0 Å². The molecule has 0 radical (unpaired) electrons. The average molecular weight is 309 g/mol. The van der Waals surface area contributed by atoms with E-state index in [1.807, 2.05) is 0 Å². The van der Waals surface area contributed by atoms with Gasteiger partial charge in [-0.2, -0.15) is 0 Å². The fourth-order valence-electron chi connectivity index (χ4n) is 3.09. The van der Waals surface area contributed by atoms with Crippen LogP contribution in [0.25, 0.3) is 0 Å². The van der Waals surface area contributed by atoms with Crippen LogP contribution in [0.3, 0.4) is 0 Å². The van der Waals surface area contributed by atoms with Gasteiger partial charge in [-0.15, -0.1) is 0 Å². The summed E-state index contributed by atoms with van der Waals surface area (Å²) >= 11 is 3.87. The first-order valence-corrected chi connectivity index (χ1v) is 8.35. The first-order valence-electron chi connectivity index (χ1n) is 7.43. The van der Waals surface area contributed by atoms with Crippen LogP contribution in [0.15, 0.2) is 24.3 Å². The molecule has 0 saturated heterocycles. The monoisotopic (exact) mass is 308 g/mol. The molecule has 0 bridgehead atoms. The van der Waals surface area contributed by atoms with Crippen molar-refractivity contribution in [1.82, 2.24) is 0 Å². The number of aryl methyl sites for hydroxylation is 1. The van der Waals surface area contributed by atoms with E-state index < -0.39 is 0 Å². The lowest BCUT2D eigenvalue weighted by Crippen LogP contribution is -2.10. The fourth-order valence-corrected chi connectivity index (χ4v) is 3.73. The SMILES string of the molecule is Cc1cccc(CC(Br)CCC2CCCCC2)c1. The van der Waals surface area contributed by atoms with Crippen LogP contribution < -0.4 is 0 Å². The van der Waals surface area contributed by atoms with E-state index in [9.17, 15) is 0 Å². The lowest BCUT2D eigenvalue weighted by Gasteiger charge is -2.22. The molecule has 1 unspecified atom stereocenters. The molecule has 0 aromatic heterocycles. The maximum Gasteiger partial charge on any atom is 0.0186 e. The van der Waals surface area contributed by atoms with Gasteiger partial charge in [-0.05, 0) is 37.7 Å². The zero-order valence-electron chi connectivity index (χ0n) is 11.5. The second-order valence-corrected chi connectivity index (χ2v) is 7.17. The molecule has 1 aliphatic carbocycles. The summed E-state index contributed by atoms with van der Waals surface area (Å²) < 4.78 is 0. The van der Waals surface area contributed by atoms with Crippen molar-refractivity contribution >= 4 is 15.9 Å². The first-order chi connectivity index (χ1) is 8.74. The minimum atomic E-state index is 0.654. The molecule has 1 fully saturated rings. The van der Waals surface area contributed by atoms with Crippen molar-refractivity contribution in [3.63, 3.8) is 0 Å². The predicted octanol–water partition coefficient (Wildman–Crippen LogP) is 5.66. The second-order valence-electron chi connectivity index (χ2n) is 5.87. The Morgan fingerprint density at radius 1 is 1.22 bits per heavy atom. The fraction of sp³-hybridized carbons (Fsp3) is 0.647. The highest BCUT2D eigenvalue weighted by atomic mass is 79.9. The van der Waals surface area contributed by atoms with Gasteiger partial charge >= 0.3 is 0 Å². The molecule has 1 atom stereocenters. The Morgan fingerprint density at radius 2 is 2.00 bits per heavy atom. The maximum absolute atomic E-state index is 3.87. The molecule has 1 saturated carbocycles. The van der Waals surface area contributed by atoms with E-state index in [0.717, 1.165) is 5.92 Å². The minimum Gasteiger partial charge on any atom is -0.0887 e. The van der Waals surface area contributed by atoms with Crippen molar-refractivity contribution in [3.05, 3.63) is 35.4 Å². The van der Waals surface area contributed by atoms with Gasteiger partial charge in [0.2, 0.25) is 0 Å². The summed E-state index contributed by atoms with van der Waals surface area (Å²) in [6.07, 6.45) is 11.3. The van der Waals surface area contributed by atoms with E-state index in [4.69, 9.17) is 0 Å². The molecule has 0 amide bonds. The highest BCUT2D eigenvalue weighted by Crippen LogP contribution is 2.29. The molecule has 1 heteroatoms. The molecule has 0 N–H and O–H groups in total.